The Bertz CT molecular complexity index is 445. The Morgan fingerprint density at radius 2 is 2.12 bits per heavy atom. The van der Waals surface area contributed by atoms with Gasteiger partial charge in [0.1, 0.15) is 5.41 Å². The van der Waals surface area contributed by atoms with Gasteiger partial charge in [0, 0.05) is 24.9 Å². The van der Waals surface area contributed by atoms with Gasteiger partial charge >= 0.3 is 5.97 Å². The van der Waals surface area contributed by atoms with Gasteiger partial charge in [-0.05, 0) is 26.0 Å². The van der Waals surface area contributed by atoms with Gasteiger partial charge < -0.3 is 10.4 Å². The lowest BCUT2D eigenvalue weighted by Crippen LogP contribution is -2.44. The molecule has 0 saturated carbocycles. The molecule has 1 heterocycles. The number of nitrogens with zero attached hydrogens (tertiary/aromatic N) is 1. The molecule has 1 unspecified atom stereocenters. The first kappa shape index (κ1) is 13.2. The molecule has 0 spiro atoms. The van der Waals surface area contributed by atoms with Crippen molar-refractivity contribution in [1.82, 2.24) is 10.3 Å². The van der Waals surface area contributed by atoms with Crippen molar-refractivity contribution in [3.8, 4) is 0 Å². The summed E-state index contributed by atoms with van der Waals surface area (Å²) in [6, 6.07) is 5.34. The molecule has 0 aromatic carbocycles. The summed E-state index contributed by atoms with van der Waals surface area (Å²) in [6.45, 7) is 3.22. The molecule has 0 radical (unpaired) electrons. The van der Waals surface area contributed by atoms with Crippen LogP contribution in [0.3, 0.4) is 0 Å². The summed E-state index contributed by atoms with van der Waals surface area (Å²) in [4.78, 5) is 27.1. The zero-order valence-electron chi connectivity index (χ0n) is 10.2. The molecule has 17 heavy (non-hydrogen) atoms. The van der Waals surface area contributed by atoms with E-state index in [1.165, 1.54) is 14.0 Å². The summed E-state index contributed by atoms with van der Waals surface area (Å²) in [6.07, 6.45) is 0.0731. The Morgan fingerprint density at radius 3 is 2.59 bits per heavy atom. The van der Waals surface area contributed by atoms with Crippen LogP contribution >= 0.6 is 0 Å². The number of carboxylic acids is 1. The molecular weight excluding hydrogens is 220 g/mol. The second kappa shape index (κ2) is 4.95. The molecule has 0 aliphatic heterocycles. The fourth-order valence-corrected chi connectivity index (χ4v) is 1.59. The Morgan fingerprint density at radius 1 is 1.47 bits per heavy atom. The van der Waals surface area contributed by atoms with Crippen molar-refractivity contribution in [2.45, 2.75) is 20.3 Å². The Hall–Kier alpha value is -1.91. The van der Waals surface area contributed by atoms with Crippen molar-refractivity contribution >= 4 is 11.9 Å². The number of aromatic nitrogens is 1. The minimum absolute atomic E-state index is 0.0731. The predicted octanol–water partition coefficient (Wildman–Crippen LogP) is 0.769. The van der Waals surface area contributed by atoms with Crippen LogP contribution in [0.25, 0.3) is 0 Å². The van der Waals surface area contributed by atoms with E-state index < -0.39 is 17.3 Å². The van der Waals surface area contributed by atoms with E-state index in [1.54, 1.807) is 12.1 Å². The second-order valence-electron chi connectivity index (χ2n) is 4.16. The van der Waals surface area contributed by atoms with Crippen LogP contribution in [-0.2, 0) is 16.0 Å². The number of nitrogens with one attached hydrogen (secondary N) is 1. The van der Waals surface area contributed by atoms with Gasteiger partial charge in [-0.15, -0.1) is 0 Å². The molecule has 0 fully saturated rings. The van der Waals surface area contributed by atoms with Crippen LogP contribution in [0.15, 0.2) is 18.2 Å². The molecule has 0 aliphatic carbocycles. The fraction of sp³-hybridized carbons (Fsp3) is 0.417. The van der Waals surface area contributed by atoms with Crippen LogP contribution in [-0.4, -0.2) is 29.0 Å². The van der Waals surface area contributed by atoms with Gasteiger partial charge in [-0.2, -0.15) is 0 Å². The van der Waals surface area contributed by atoms with Crippen LogP contribution in [0, 0.1) is 12.3 Å². The maximum absolute atomic E-state index is 11.6. The Balaban J connectivity index is 3.03. The molecule has 92 valence electrons. The predicted molar refractivity (Wildman–Crippen MR) is 62.5 cm³/mol. The number of rotatable bonds is 4. The summed E-state index contributed by atoms with van der Waals surface area (Å²) >= 11 is 0. The van der Waals surface area contributed by atoms with Gasteiger partial charge in [0.15, 0.2) is 0 Å². The SMILES string of the molecule is CNC(=O)C(C)(Cc1cccc(C)n1)C(=O)O. The molecule has 0 saturated heterocycles. The van der Waals surface area contributed by atoms with Crippen molar-refractivity contribution < 1.29 is 14.7 Å². The highest BCUT2D eigenvalue weighted by molar-refractivity contribution is 6.01. The van der Waals surface area contributed by atoms with Crippen LogP contribution in [0.4, 0.5) is 0 Å². The summed E-state index contributed by atoms with van der Waals surface area (Å²) < 4.78 is 0. The molecule has 5 nitrogen and oxygen atoms in total. The Labute approximate surface area is 99.9 Å². The van der Waals surface area contributed by atoms with E-state index in [0.29, 0.717) is 5.69 Å². The van der Waals surface area contributed by atoms with Crippen molar-refractivity contribution in [3.63, 3.8) is 0 Å². The molecule has 1 aromatic rings. The topological polar surface area (TPSA) is 79.3 Å². The average molecular weight is 236 g/mol. The molecule has 1 amide bonds. The molecular formula is C12H16N2O3. The van der Waals surface area contributed by atoms with Crippen molar-refractivity contribution in [1.29, 1.82) is 0 Å². The van der Waals surface area contributed by atoms with E-state index in [1.807, 2.05) is 13.0 Å². The van der Waals surface area contributed by atoms with Gasteiger partial charge in [-0.25, -0.2) is 0 Å². The van der Waals surface area contributed by atoms with Crippen molar-refractivity contribution in [2.24, 2.45) is 5.41 Å². The maximum atomic E-state index is 11.6. The first-order valence-corrected chi connectivity index (χ1v) is 5.28. The third-order valence-electron chi connectivity index (χ3n) is 2.68. The number of amides is 1. The number of pyridine rings is 1. The number of carbonyl (C=O) groups is 2. The number of carboxylic acid groups (broad SMARTS) is 1. The van der Waals surface area contributed by atoms with Crippen molar-refractivity contribution in [2.75, 3.05) is 7.05 Å². The zero-order valence-corrected chi connectivity index (χ0v) is 10.2. The monoisotopic (exact) mass is 236 g/mol. The van der Waals surface area contributed by atoms with Crippen molar-refractivity contribution in [3.05, 3.63) is 29.6 Å². The number of hydrogen-bond donors (Lipinski definition) is 2. The van der Waals surface area contributed by atoms with E-state index in [0.717, 1.165) is 5.69 Å². The lowest BCUT2D eigenvalue weighted by molar-refractivity contribution is -0.154. The normalized spacial score (nSPS) is 13.8. The minimum atomic E-state index is -1.49. The summed E-state index contributed by atoms with van der Waals surface area (Å²) in [5.74, 6) is -1.67. The van der Waals surface area contributed by atoms with Crippen LogP contribution in [0.2, 0.25) is 0 Å². The highest BCUT2D eigenvalue weighted by Crippen LogP contribution is 2.22. The van der Waals surface area contributed by atoms with Gasteiger partial charge in [-0.1, -0.05) is 6.07 Å². The van der Waals surface area contributed by atoms with Crippen LogP contribution in [0.1, 0.15) is 18.3 Å². The van der Waals surface area contributed by atoms with E-state index in [9.17, 15) is 14.7 Å². The molecule has 0 aliphatic rings. The smallest absolute Gasteiger partial charge is 0.319 e. The summed E-state index contributed by atoms with van der Waals surface area (Å²) in [5.41, 5.74) is -0.0964. The van der Waals surface area contributed by atoms with E-state index in [-0.39, 0.29) is 6.42 Å². The number of aryl methyl sites for hydroxylation is 1. The van der Waals surface area contributed by atoms with E-state index in [4.69, 9.17) is 0 Å². The minimum Gasteiger partial charge on any atom is -0.480 e. The number of hydrogen-bond acceptors (Lipinski definition) is 3. The van der Waals surface area contributed by atoms with E-state index >= 15 is 0 Å². The lowest BCUT2D eigenvalue weighted by atomic mass is 9.84. The average Bonchev–Trinajstić information content (AvgIpc) is 2.27. The van der Waals surface area contributed by atoms with Gasteiger partial charge in [0.25, 0.3) is 0 Å². The second-order valence-corrected chi connectivity index (χ2v) is 4.16. The highest BCUT2D eigenvalue weighted by atomic mass is 16.4. The molecule has 1 rings (SSSR count). The largest absolute Gasteiger partial charge is 0.480 e. The van der Waals surface area contributed by atoms with Gasteiger partial charge in [-0.3, -0.25) is 14.6 Å². The maximum Gasteiger partial charge on any atom is 0.319 e. The number of aliphatic carboxylic acids is 1. The summed E-state index contributed by atoms with van der Waals surface area (Å²) in [5, 5.41) is 11.6. The quantitative estimate of drug-likeness (QED) is 0.757. The standard InChI is InChI=1S/C12H16N2O3/c1-8-5-4-6-9(14-8)7-12(2,11(16)17)10(15)13-3/h4-6H,7H2,1-3H3,(H,13,15)(H,16,17). The molecule has 5 heteroatoms. The van der Waals surface area contributed by atoms with Gasteiger partial charge in [0.05, 0.1) is 0 Å². The number of carbonyl (C=O) groups excluding carboxylic acids is 1. The first-order chi connectivity index (χ1) is 7.90. The molecule has 1 aromatic heterocycles. The third kappa shape index (κ3) is 2.81. The molecule has 2 N–H and O–H groups in total. The zero-order chi connectivity index (χ0) is 13.1. The van der Waals surface area contributed by atoms with Gasteiger partial charge in [0.2, 0.25) is 5.91 Å². The fourth-order valence-electron chi connectivity index (χ4n) is 1.59. The molecule has 1 atom stereocenters. The lowest BCUT2D eigenvalue weighted by Gasteiger charge is -2.22. The Kier molecular flexibility index (Phi) is 3.83. The van der Waals surface area contributed by atoms with E-state index in [2.05, 4.69) is 10.3 Å². The first-order valence-electron chi connectivity index (χ1n) is 5.28. The third-order valence-corrected chi connectivity index (χ3v) is 2.68. The summed E-state index contributed by atoms with van der Waals surface area (Å²) in [7, 11) is 1.42. The van der Waals surface area contributed by atoms with Crippen LogP contribution in [0.5, 0.6) is 0 Å². The van der Waals surface area contributed by atoms with Crippen LogP contribution < -0.4 is 5.32 Å². The highest BCUT2D eigenvalue weighted by Gasteiger charge is 2.41. The molecule has 0 bridgehead atoms.